The monoisotopic (exact) mass is 460 g/mol. The first-order valence-corrected chi connectivity index (χ1v) is 11.7. The number of para-hydroxylation sites is 1. The number of nitrogens with one attached hydrogen (secondary N) is 3. The van der Waals surface area contributed by atoms with E-state index >= 15 is 0 Å². The Labute approximate surface area is 196 Å². The van der Waals surface area contributed by atoms with E-state index < -0.39 is 0 Å². The van der Waals surface area contributed by atoms with Crippen molar-refractivity contribution in [2.45, 2.75) is 25.3 Å². The average Bonchev–Trinajstić information content (AvgIpc) is 3.43. The normalized spacial score (nSPS) is 20.1. The molecule has 3 N–H and O–H groups in total. The molecule has 1 unspecified atom stereocenters. The molecule has 9 heteroatoms. The van der Waals surface area contributed by atoms with Crippen LogP contribution in [0.4, 0.5) is 11.5 Å². The van der Waals surface area contributed by atoms with Crippen LogP contribution in [0.3, 0.4) is 0 Å². The van der Waals surface area contributed by atoms with Crippen LogP contribution < -0.4 is 15.5 Å². The lowest BCUT2D eigenvalue weighted by atomic mass is 9.93. The Morgan fingerprint density at radius 3 is 3.00 bits per heavy atom. The van der Waals surface area contributed by atoms with Gasteiger partial charge in [-0.25, -0.2) is 4.98 Å². The number of aromatic nitrogens is 5. The Balaban J connectivity index is 1.24. The zero-order valence-electron chi connectivity index (χ0n) is 18.3. The number of fused-ring (bicyclic) bond motifs is 2. The zero-order chi connectivity index (χ0) is 22.4. The second kappa shape index (κ2) is 8.28. The summed E-state index contributed by atoms with van der Waals surface area (Å²) in [5.74, 6) is 1.76. The van der Waals surface area contributed by atoms with Gasteiger partial charge in [-0.3, -0.25) is 5.10 Å². The van der Waals surface area contributed by atoms with Crippen LogP contribution >= 0.6 is 11.6 Å². The van der Waals surface area contributed by atoms with Gasteiger partial charge in [0.05, 0.1) is 11.2 Å². The van der Waals surface area contributed by atoms with Gasteiger partial charge < -0.3 is 15.5 Å². The van der Waals surface area contributed by atoms with Crippen molar-refractivity contribution in [1.29, 1.82) is 0 Å². The smallest absolute Gasteiger partial charge is 0.194 e. The molecule has 4 aromatic rings. The number of anilines is 2. The number of nitrogens with zero attached hydrogens (tertiary/aromatic N) is 5. The summed E-state index contributed by atoms with van der Waals surface area (Å²) in [4.78, 5) is 7.07. The molecule has 2 aromatic heterocycles. The number of H-pyrrole nitrogens is 1. The van der Waals surface area contributed by atoms with Gasteiger partial charge in [-0.15, -0.1) is 10.2 Å². The molecule has 0 saturated carbocycles. The van der Waals surface area contributed by atoms with Crippen LogP contribution in [-0.2, 0) is 0 Å². The van der Waals surface area contributed by atoms with Crippen LogP contribution in [0.2, 0.25) is 5.15 Å². The van der Waals surface area contributed by atoms with E-state index in [-0.39, 0.29) is 0 Å². The van der Waals surface area contributed by atoms with Crippen molar-refractivity contribution >= 4 is 34.0 Å². The molecule has 2 aliphatic heterocycles. The van der Waals surface area contributed by atoms with E-state index in [2.05, 4.69) is 60.2 Å². The number of piperazine rings is 1. The summed E-state index contributed by atoms with van der Waals surface area (Å²) in [5.41, 5.74) is 5.50. The van der Waals surface area contributed by atoms with Crippen molar-refractivity contribution in [2.24, 2.45) is 0 Å². The number of aryl methyl sites for hydroxylation is 1. The lowest BCUT2D eigenvalue weighted by Gasteiger charge is -2.35. The first kappa shape index (κ1) is 20.4. The molecule has 0 spiro atoms. The molecule has 4 heterocycles. The summed E-state index contributed by atoms with van der Waals surface area (Å²) in [6.07, 6.45) is 1.06. The molecule has 2 aliphatic rings. The SMILES string of the molecule is Cc1n[nH]c2ccc(-c3nnc(Cl)c(N4CCN[C@@H](CC5CNc6ccccc65)C4)n3)cc12. The summed E-state index contributed by atoms with van der Waals surface area (Å²) >= 11 is 6.48. The molecule has 2 aromatic carbocycles. The fourth-order valence-corrected chi connectivity index (χ4v) is 5.20. The van der Waals surface area contributed by atoms with Crippen molar-refractivity contribution in [3.63, 3.8) is 0 Å². The topological polar surface area (TPSA) is 94.7 Å². The van der Waals surface area contributed by atoms with E-state index in [0.717, 1.165) is 54.8 Å². The molecule has 0 bridgehead atoms. The summed E-state index contributed by atoms with van der Waals surface area (Å²) in [6.45, 7) is 5.49. The number of aromatic amines is 1. The van der Waals surface area contributed by atoms with E-state index in [1.54, 1.807) is 0 Å². The van der Waals surface area contributed by atoms with Crippen LogP contribution in [-0.4, -0.2) is 57.6 Å². The van der Waals surface area contributed by atoms with E-state index in [0.29, 0.717) is 28.8 Å². The molecular formula is C24H25ClN8. The molecule has 2 atom stereocenters. The lowest BCUT2D eigenvalue weighted by Crippen LogP contribution is -2.51. The first-order chi connectivity index (χ1) is 16.2. The van der Waals surface area contributed by atoms with E-state index in [4.69, 9.17) is 16.6 Å². The zero-order valence-corrected chi connectivity index (χ0v) is 19.1. The Morgan fingerprint density at radius 2 is 2.06 bits per heavy atom. The average molecular weight is 461 g/mol. The van der Waals surface area contributed by atoms with E-state index in [9.17, 15) is 0 Å². The maximum atomic E-state index is 6.48. The minimum absolute atomic E-state index is 0.341. The molecule has 168 valence electrons. The van der Waals surface area contributed by atoms with Gasteiger partial charge >= 0.3 is 0 Å². The molecule has 1 saturated heterocycles. The first-order valence-electron chi connectivity index (χ1n) is 11.3. The second-order valence-electron chi connectivity index (χ2n) is 8.82. The van der Waals surface area contributed by atoms with Crippen molar-refractivity contribution < 1.29 is 0 Å². The van der Waals surface area contributed by atoms with Crippen LogP contribution in [0.1, 0.15) is 23.6 Å². The highest BCUT2D eigenvalue weighted by Gasteiger charge is 2.29. The third-order valence-electron chi connectivity index (χ3n) is 6.70. The summed E-state index contributed by atoms with van der Waals surface area (Å²) in [5, 5.41) is 24.4. The predicted molar refractivity (Wildman–Crippen MR) is 131 cm³/mol. The van der Waals surface area contributed by atoms with Gasteiger partial charge in [0.2, 0.25) is 0 Å². The number of halogens is 1. The van der Waals surface area contributed by atoms with Crippen molar-refractivity contribution in [2.75, 3.05) is 36.4 Å². The standard InChI is InChI=1S/C24H25ClN8/c1-14-19-11-15(6-7-21(19)30-29-14)23-28-24(22(25)31-32-23)33-9-8-26-17(13-33)10-16-12-27-20-5-3-2-4-18(16)20/h2-7,11,16-17,26-27H,8-10,12-13H2,1H3,(H,29,30)/t16?,17-/m0/s1. The Morgan fingerprint density at radius 1 is 1.15 bits per heavy atom. The number of rotatable bonds is 4. The van der Waals surface area contributed by atoms with Crippen molar-refractivity contribution in [3.05, 3.63) is 58.9 Å². The molecule has 0 amide bonds. The van der Waals surface area contributed by atoms with Crippen molar-refractivity contribution in [3.8, 4) is 11.4 Å². The second-order valence-corrected chi connectivity index (χ2v) is 9.18. The van der Waals surface area contributed by atoms with Gasteiger partial charge in [0.15, 0.2) is 16.8 Å². The Bertz CT molecular complexity index is 1320. The summed E-state index contributed by atoms with van der Waals surface area (Å²) < 4.78 is 0. The molecule has 0 radical (unpaired) electrons. The number of hydrogen-bond donors (Lipinski definition) is 3. The summed E-state index contributed by atoms with van der Waals surface area (Å²) in [7, 11) is 0. The third-order valence-corrected chi connectivity index (χ3v) is 6.95. The van der Waals surface area contributed by atoms with Gasteiger partial charge in [-0.1, -0.05) is 29.8 Å². The molecular weight excluding hydrogens is 436 g/mol. The molecule has 0 aliphatic carbocycles. The highest BCUT2D eigenvalue weighted by Crippen LogP contribution is 2.35. The van der Waals surface area contributed by atoms with Gasteiger partial charge in [0.1, 0.15) is 0 Å². The Hall–Kier alpha value is -3.23. The van der Waals surface area contributed by atoms with Crippen LogP contribution in [0.5, 0.6) is 0 Å². The van der Waals surface area contributed by atoms with Gasteiger partial charge in [-0.05, 0) is 43.2 Å². The maximum Gasteiger partial charge on any atom is 0.194 e. The van der Waals surface area contributed by atoms with Gasteiger partial charge in [0.25, 0.3) is 0 Å². The van der Waals surface area contributed by atoms with Crippen molar-refractivity contribution in [1.82, 2.24) is 30.7 Å². The predicted octanol–water partition coefficient (Wildman–Crippen LogP) is 3.75. The number of benzene rings is 2. The van der Waals surface area contributed by atoms with Crippen LogP contribution in [0, 0.1) is 6.92 Å². The number of hydrogen-bond acceptors (Lipinski definition) is 7. The fourth-order valence-electron chi connectivity index (χ4n) is 5.00. The minimum Gasteiger partial charge on any atom is -0.384 e. The van der Waals surface area contributed by atoms with Gasteiger partial charge in [0, 0.05) is 54.8 Å². The minimum atomic E-state index is 0.341. The largest absolute Gasteiger partial charge is 0.384 e. The van der Waals surface area contributed by atoms with Crippen LogP contribution in [0.25, 0.3) is 22.3 Å². The quantitative estimate of drug-likeness (QED) is 0.427. The molecule has 6 rings (SSSR count). The van der Waals surface area contributed by atoms with E-state index in [1.165, 1.54) is 11.3 Å². The molecule has 8 nitrogen and oxygen atoms in total. The van der Waals surface area contributed by atoms with Crippen LogP contribution in [0.15, 0.2) is 42.5 Å². The Kier molecular flexibility index (Phi) is 5.11. The van der Waals surface area contributed by atoms with Gasteiger partial charge in [-0.2, -0.15) is 5.10 Å². The maximum absolute atomic E-state index is 6.48. The summed E-state index contributed by atoms with van der Waals surface area (Å²) in [6, 6.07) is 15.0. The highest BCUT2D eigenvalue weighted by atomic mass is 35.5. The fraction of sp³-hybridized carbons (Fsp3) is 0.333. The van der Waals surface area contributed by atoms with E-state index in [1.807, 2.05) is 25.1 Å². The third kappa shape index (κ3) is 3.79. The highest BCUT2D eigenvalue weighted by molar-refractivity contribution is 6.31. The molecule has 33 heavy (non-hydrogen) atoms. The molecule has 1 fully saturated rings. The lowest BCUT2D eigenvalue weighted by molar-refractivity contribution is 0.410.